The molecule has 0 heterocycles. The lowest BCUT2D eigenvalue weighted by Crippen LogP contribution is -2.39. The van der Waals surface area contributed by atoms with Gasteiger partial charge >= 0.3 is 17.9 Å². The van der Waals surface area contributed by atoms with Crippen LogP contribution in [0.1, 0.15) is 26.7 Å². The van der Waals surface area contributed by atoms with Crippen molar-refractivity contribution in [2.45, 2.75) is 26.7 Å². The number of esters is 3. The highest BCUT2D eigenvalue weighted by Gasteiger charge is 2.42. The first kappa shape index (κ1) is 20.6. The second kappa shape index (κ2) is 10.3. The lowest BCUT2D eigenvalue weighted by atomic mass is 9.77. The molecule has 23 heavy (non-hydrogen) atoms. The van der Waals surface area contributed by atoms with Gasteiger partial charge < -0.3 is 14.2 Å². The predicted molar refractivity (Wildman–Crippen MR) is 81.3 cm³/mol. The monoisotopic (exact) mass is 326 g/mol. The Morgan fingerprint density at radius 3 is 1.65 bits per heavy atom. The standard InChI is InChI=1S/C16H22O7/c1-5-23-15(20)16(12(2)17,10-6-8-13(18)21-3)11-7-9-14(19)22-4/h6-9H,5,10-11H2,1-4H3/b8-6+,9-7+. The molecule has 0 aliphatic rings. The molecule has 0 bridgehead atoms. The van der Waals surface area contributed by atoms with Gasteiger partial charge in [0.05, 0.1) is 20.8 Å². The van der Waals surface area contributed by atoms with Gasteiger partial charge in [0, 0.05) is 12.2 Å². The summed E-state index contributed by atoms with van der Waals surface area (Å²) in [5.74, 6) is -2.34. The molecule has 0 aromatic heterocycles. The Hall–Kier alpha value is -2.44. The van der Waals surface area contributed by atoms with Gasteiger partial charge in [-0.25, -0.2) is 9.59 Å². The maximum atomic E-state index is 12.3. The van der Waals surface area contributed by atoms with E-state index in [1.807, 2.05) is 0 Å². The molecule has 0 aromatic rings. The fourth-order valence-corrected chi connectivity index (χ4v) is 1.80. The largest absolute Gasteiger partial charge is 0.466 e. The summed E-state index contributed by atoms with van der Waals surface area (Å²) in [6.07, 6.45) is 4.89. The van der Waals surface area contributed by atoms with E-state index in [-0.39, 0.29) is 19.4 Å². The lowest BCUT2D eigenvalue weighted by Gasteiger charge is -2.26. The van der Waals surface area contributed by atoms with E-state index in [9.17, 15) is 19.2 Å². The van der Waals surface area contributed by atoms with Crippen molar-refractivity contribution in [3.05, 3.63) is 24.3 Å². The zero-order valence-electron chi connectivity index (χ0n) is 13.8. The zero-order valence-corrected chi connectivity index (χ0v) is 13.8. The third-order valence-electron chi connectivity index (χ3n) is 3.18. The fourth-order valence-electron chi connectivity index (χ4n) is 1.80. The summed E-state index contributed by atoms with van der Waals surface area (Å²) in [7, 11) is 2.44. The molecule has 0 unspecified atom stereocenters. The van der Waals surface area contributed by atoms with Crippen molar-refractivity contribution in [2.75, 3.05) is 20.8 Å². The van der Waals surface area contributed by atoms with Crippen molar-refractivity contribution in [1.29, 1.82) is 0 Å². The van der Waals surface area contributed by atoms with Gasteiger partial charge in [-0.2, -0.15) is 0 Å². The first-order valence-corrected chi connectivity index (χ1v) is 7.01. The van der Waals surface area contributed by atoms with E-state index < -0.39 is 29.1 Å². The first-order chi connectivity index (χ1) is 10.8. The Labute approximate surface area is 135 Å². The molecule has 0 spiro atoms. The van der Waals surface area contributed by atoms with Crippen LogP contribution >= 0.6 is 0 Å². The molecular formula is C16H22O7. The number of hydrogen-bond acceptors (Lipinski definition) is 7. The van der Waals surface area contributed by atoms with Gasteiger partial charge in [-0.05, 0) is 26.7 Å². The van der Waals surface area contributed by atoms with E-state index in [0.29, 0.717) is 0 Å². The molecule has 7 nitrogen and oxygen atoms in total. The topological polar surface area (TPSA) is 96.0 Å². The van der Waals surface area contributed by atoms with Crippen LogP contribution in [0.15, 0.2) is 24.3 Å². The van der Waals surface area contributed by atoms with Gasteiger partial charge in [-0.3, -0.25) is 9.59 Å². The van der Waals surface area contributed by atoms with Crippen molar-refractivity contribution >= 4 is 23.7 Å². The van der Waals surface area contributed by atoms with Crippen LogP contribution in [0, 0.1) is 5.41 Å². The lowest BCUT2D eigenvalue weighted by molar-refractivity contribution is -0.159. The van der Waals surface area contributed by atoms with Crippen LogP contribution in [-0.4, -0.2) is 44.5 Å². The van der Waals surface area contributed by atoms with E-state index >= 15 is 0 Å². The van der Waals surface area contributed by atoms with Gasteiger partial charge in [0.2, 0.25) is 0 Å². The molecule has 0 saturated heterocycles. The van der Waals surface area contributed by atoms with E-state index in [2.05, 4.69) is 9.47 Å². The number of ether oxygens (including phenoxy) is 3. The Kier molecular flexibility index (Phi) is 9.22. The second-order valence-corrected chi connectivity index (χ2v) is 4.62. The van der Waals surface area contributed by atoms with Crippen molar-refractivity contribution in [2.24, 2.45) is 5.41 Å². The number of Topliss-reactive ketones (excluding diaryl/α,β-unsaturated/α-hetero) is 1. The predicted octanol–water partition coefficient (Wildman–Crippen LogP) is 1.36. The molecule has 0 saturated carbocycles. The SMILES string of the molecule is CCOC(=O)C(C/C=C/C(=O)OC)(C/C=C/C(=O)OC)C(C)=O. The van der Waals surface area contributed by atoms with Gasteiger partial charge in [0.25, 0.3) is 0 Å². The van der Waals surface area contributed by atoms with Crippen molar-refractivity contribution in [1.82, 2.24) is 0 Å². The molecule has 0 fully saturated rings. The summed E-state index contributed by atoms with van der Waals surface area (Å²) in [5.41, 5.74) is -1.51. The fraction of sp³-hybridized carbons (Fsp3) is 0.500. The van der Waals surface area contributed by atoms with Crippen LogP contribution in [0.25, 0.3) is 0 Å². The third-order valence-corrected chi connectivity index (χ3v) is 3.18. The summed E-state index contributed by atoms with van der Waals surface area (Å²) in [6.45, 7) is 2.99. The molecule has 0 radical (unpaired) electrons. The number of carbonyl (C=O) groups excluding carboxylic acids is 4. The van der Waals surface area contributed by atoms with Gasteiger partial charge in [-0.15, -0.1) is 0 Å². The average molecular weight is 326 g/mol. The zero-order chi connectivity index (χ0) is 17.9. The smallest absolute Gasteiger partial charge is 0.330 e. The van der Waals surface area contributed by atoms with Crippen LogP contribution in [0.4, 0.5) is 0 Å². The quantitative estimate of drug-likeness (QED) is 0.273. The van der Waals surface area contributed by atoms with Crippen LogP contribution in [0.2, 0.25) is 0 Å². The van der Waals surface area contributed by atoms with Crippen LogP contribution in [0.3, 0.4) is 0 Å². The minimum atomic E-state index is -1.51. The summed E-state index contributed by atoms with van der Waals surface area (Å²) in [5, 5.41) is 0. The van der Waals surface area contributed by atoms with Gasteiger partial charge in [-0.1, -0.05) is 12.2 Å². The Morgan fingerprint density at radius 2 is 1.35 bits per heavy atom. The first-order valence-electron chi connectivity index (χ1n) is 7.01. The number of carbonyl (C=O) groups is 4. The Balaban J connectivity index is 5.43. The van der Waals surface area contributed by atoms with Crippen molar-refractivity contribution in [3.8, 4) is 0 Å². The molecule has 0 N–H and O–H groups in total. The molecular weight excluding hydrogens is 304 g/mol. The highest BCUT2D eigenvalue weighted by molar-refractivity contribution is 6.03. The second-order valence-electron chi connectivity index (χ2n) is 4.62. The molecule has 7 heteroatoms. The Bertz CT molecular complexity index is 475. The number of ketones is 1. The molecule has 0 rings (SSSR count). The molecule has 0 aliphatic carbocycles. The van der Waals surface area contributed by atoms with Crippen molar-refractivity contribution in [3.63, 3.8) is 0 Å². The minimum Gasteiger partial charge on any atom is -0.466 e. The number of rotatable bonds is 9. The molecule has 0 atom stereocenters. The van der Waals surface area contributed by atoms with Crippen molar-refractivity contribution < 1.29 is 33.4 Å². The van der Waals surface area contributed by atoms with Crippen LogP contribution in [0.5, 0.6) is 0 Å². The normalized spacial score (nSPS) is 11.5. The third kappa shape index (κ3) is 6.46. The maximum Gasteiger partial charge on any atom is 0.330 e. The maximum absolute atomic E-state index is 12.3. The van der Waals surface area contributed by atoms with Crippen LogP contribution in [-0.2, 0) is 33.4 Å². The highest BCUT2D eigenvalue weighted by Crippen LogP contribution is 2.31. The summed E-state index contributed by atoms with van der Waals surface area (Å²) >= 11 is 0. The van der Waals surface area contributed by atoms with E-state index in [1.54, 1.807) is 6.92 Å². The number of methoxy groups -OCH3 is 2. The summed E-state index contributed by atoms with van der Waals surface area (Å²) in [6, 6.07) is 0. The van der Waals surface area contributed by atoms with Gasteiger partial charge in [0.15, 0.2) is 0 Å². The minimum absolute atomic E-state index is 0.0538. The highest BCUT2D eigenvalue weighted by atomic mass is 16.5. The number of hydrogen-bond donors (Lipinski definition) is 0. The van der Waals surface area contributed by atoms with E-state index in [4.69, 9.17) is 4.74 Å². The summed E-state index contributed by atoms with van der Waals surface area (Å²) in [4.78, 5) is 46.6. The van der Waals surface area contributed by atoms with E-state index in [1.165, 1.54) is 33.3 Å². The number of allylic oxidation sites excluding steroid dienone is 2. The van der Waals surface area contributed by atoms with Gasteiger partial charge in [0.1, 0.15) is 11.2 Å². The molecule has 0 aliphatic heterocycles. The Morgan fingerprint density at radius 1 is 0.913 bits per heavy atom. The molecule has 0 amide bonds. The molecule has 128 valence electrons. The average Bonchev–Trinajstić information content (AvgIpc) is 2.52. The van der Waals surface area contributed by atoms with Crippen LogP contribution < -0.4 is 0 Å². The summed E-state index contributed by atoms with van der Waals surface area (Å²) < 4.78 is 13.9. The molecule has 0 aromatic carbocycles. The van der Waals surface area contributed by atoms with E-state index in [0.717, 1.165) is 12.2 Å².